The Balaban J connectivity index is 2.56. The Labute approximate surface area is 119 Å². The highest BCUT2D eigenvalue weighted by molar-refractivity contribution is 7.92. The Hall–Kier alpha value is -1.63. The Bertz CT molecular complexity index is 552. The zero-order valence-corrected chi connectivity index (χ0v) is 12.9. The first-order valence-corrected chi connectivity index (χ1v) is 8.23. The molecule has 1 N–H and O–H groups in total. The van der Waals surface area contributed by atoms with E-state index < -0.39 is 21.0 Å². The molecule has 0 saturated heterocycles. The molecule has 0 bridgehead atoms. The second-order valence-corrected chi connectivity index (χ2v) is 7.23. The van der Waals surface area contributed by atoms with Crippen molar-refractivity contribution >= 4 is 15.7 Å². The molecule has 1 aromatic heterocycles. The van der Waals surface area contributed by atoms with Crippen molar-refractivity contribution in [2.45, 2.75) is 38.7 Å². The average Bonchev–Trinajstić information content (AvgIpc) is 2.35. The standard InChI is InChI=1S/C13H20N2O4S/c1-9(2)19-12-6-5-11(7-14-12)8-15-13(16)10(3)20(4,17)18/h5-7,9-10H,8H2,1-4H3,(H,15,16)/t10-/m1/s1. The summed E-state index contributed by atoms with van der Waals surface area (Å²) in [6, 6.07) is 3.48. The molecule has 0 radical (unpaired) electrons. The first-order valence-electron chi connectivity index (χ1n) is 6.28. The summed E-state index contributed by atoms with van der Waals surface area (Å²) in [6.45, 7) is 5.40. The molecule has 1 atom stereocenters. The number of nitrogens with one attached hydrogen (secondary N) is 1. The van der Waals surface area contributed by atoms with Crippen LogP contribution in [0.2, 0.25) is 0 Å². The highest BCUT2D eigenvalue weighted by Crippen LogP contribution is 2.09. The van der Waals surface area contributed by atoms with Crippen LogP contribution in [0, 0.1) is 0 Å². The number of pyridine rings is 1. The predicted octanol–water partition coefficient (Wildman–Crippen LogP) is 0.918. The zero-order chi connectivity index (χ0) is 15.3. The SMILES string of the molecule is CC(C)Oc1ccc(CNC(=O)[C@@H](C)S(C)(=O)=O)cn1. The summed E-state index contributed by atoms with van der Waals surface area (Å²) >= 11 is 0. The first kappa shape index (κ1) is 16.4. The number of nitrogens with zero attached hydrogens (tertiary/aromatic N) is 1. The number of aromatic nitrogens is 1. The summed E-state index contributed by atoms with van der Waals surface area (Å²) in [5.41, 5.74) is 0.773. The molecule has 0 aliphatic rings. The maximum atomic E-state index is 11.6. The van der Waals surface area contributed by atoms with Crippen LogP contribution >= 0.6 is 0 Å². The van der Waals surface area contributed by atoms with Crippen LogP contribution in [0.1, 0.15) is 26.3 Å². The van der Waals surface area contributed by atoms with Gasteiger partial charge in [0.2, 0.25) is 11.8 Å². The lowest BCUT2D eigenvalue weighted by Crippen LogP contribution is -2.37. The first-order chi connectivity index (χ1) is 9.20. The van der Waals surface area contributed by atoms with E-state index in [1.807, 2.05) is 13.8 Å². The van der Waals surface area contributed by atoms with Gasteiger partial charge in [-0.2, -0.15) is 0 Å². The summed E-state index contributed by atoms with van der Waals surface area (Å²) in [4.78, 5) is 15.7. The van der Waals surface area contributed by atoms with E-state index in [4.69, 9.17) is 4.74 Å². The summed E-state index contributed by atoms with van der Waals surface area (Å²) in [5.74, 6) is -0.00501. The highest BCUT2D eigenvalue weighted by Gasteiger charge is 2.22. The van der Waals surface area contributed by atoms with Crippen LogP contribution in [-0.4, -0.2) is 36.9 Å². The summed E-state index contributed by atoms with van der Waals surface area (Å²) in [6.07, 6.45) is 2.67. The molecule has 1 rings (SSSR count). The number of amides is 1. The van der Waals surface area contributed by atoms with E-state index in [-0.39, 0.29) is 12.6 Å². The van der Waals surface area contributed by atoms with Crippen LogP contribution in [0.4, 0.5) is 0 Å². The van der Waals surface area contributed by atoms with Crippen LogP contribution in [0.5, 0.6) is 5.88 Å². The van der Waals surface area contributed by atoms with Crippen molar-refractivity contribution in [2.24, 2.45) is 0 Å². The van der Waals surface area contributed by atoms with Crippen LogP contribution in [0.3, 0.4) is 0 Å². The van der Waals surface area contributed by atoms with Crippen LogP contribution in [-0.2, 0) is 21.2 Å². The molecule has 1 heterocycles. The fourth-order valence-electron chi connectivity index (χ4n) is 1.35. The van der Waals surface area contributed by atoms with Crippen molar-refractivity contribution < 1.29 is 17.9 Å². The van der Waals surface area contributed by atoms with Gasteiger partial charge in [-0.05, 0) is 26.3 Å². The fourth-order valence-corrected chi connectivity index (χ4v) is 1.83. The van der Waals surface area contributed by atoms with Gasteiger partial charge in [-0.25, -0.2) is 13.4 Å². The molecule has 0 aromatic carbocycles. The predicted molar refractivity (Wildman–Crippen MR) is 76.2 cm³/mol. The molecular formula is C13H20N2O4S. The van der Waals surface area contributed by atoms with E-state index in [1.165, 1.54) is 6.92 Å². The van der Waals surface area contributed by atoms with Gasteiger partial charge >= 0.3 is 0 Å². The van der Waals surface area contributed by atoms with Gasteiger partial charge in [-0.3, -0.25) is 4.79 Å². The van der Waals surface area contributed by atoms with Gasteiger partial charge in [0.25, 0.3) is 0 Å². The second-order valence-electron chi connectivity index (χ2n) is 4.86. The number of carbonyl (C=O) groups is 1. The van der Waals surface area contributed by atoms with Crippen molar-refractivity contribution in [3.8, 4) is 5.88 Å². The monoisotopic (exact) mass is 300 g/mol. The second kappa shape index (κ2) is 6.69. The maximum Gasteiger partial charge on any atom is 0.238 e. The lowest BCUT2D eigenvalue weighted by atomic mass is 10.3. The van der Waals surface area contributed by atoms with E-state index >= 15 is 0 Å². The molecule has 0 unspecified atom stereocenters. The van der Waals surface area contributed by atoms with Gasteiger partial charge in [-0.15, -0.1) is 0 Å². The van der Waals surface area contributed by atoms with Crippen molar-refractivity contribution in [3.63, 3.8) is 0 Å². The molecular weight excluding hydrogens is 280 g/mol. The molecule has 112 valence electrons. The molecule has 0 aliphatic heterocycles. The van der Waals surface area contributed by atoms with Crippen molar-refractivity contribution in [1.82, 2.24) is 10.3 Å². The molecule has 0 saturated carbocycles. The molecule has 0 spiro atoms. The quantitative estimate of drug-likeness (QED) is 0.844. The fraction of sp³-hybridized carbons (Fsp3) is 0.538. The van der Waals surface area contributed by atoms with Crippen molar-refractivity contribution in [1.29, 1.82) is 0 Å². The molecule has 6 nitrogen and oxygen atoms in total. The number of sulfone groups is 1. The third kappa shape index (κ3) is 5.16. The van der Waals surface area contributed by atoms with E-state index in [1.54, 1.807) is 18.3 Å². The Morgan fingerprint density at radius 2 is 2.00 bits per heavy atom. The van der Waals surface area contributed by atoms with E-state index in [2.05, 4.69) is 10.3 Å². The van der Waals surface area contributed by atoms with Crippen molar-refractivity contribution in [3.05, 3.63) is 23.9 Å². The zero-order valence-electron chi connectivity index (χ0n) is 12.1. The molecule has 20 heavy (non-hydrogen) atoms. The maximum absolute atomic E-state index is 11.6. The minimum absolute atomic E-state index is 0.0451. The van der Waals surface area contributed by atoms with Gasteiger partial charge in [0, 0.05) is 25.1 Å². The van der Waals surface area contributed by atoms with E-state index in [0.29, 0.717) is 5.88 Å². The third-order valence-corrected chi connectivity index (χ3v) is 4.13. The molecule has 1 aromatic rings. The largest absolute Gasteiger partial charge is 0.475 e. The minimum atomic E-state index is -3.37. The van der Waals surface area contributed by atoms with Crippen LogP contribution < -0.4 is 10.1 Å². The number of carbonyl (C=O) groups excluding carboxylic acids is 1. The van der Waals surface area contributed by atoms with Crippen molar-refractivity contribution in [2.75, 3.05) is 6.26 Å². The molecule has 1 amide bonds. The highest BCUT2D eigenvalue weighted by atomic mass is 32.2. The Kier molecular flexibility index (Phi) is 5.50. The van der Waals surface area contributed by atoms with Crippen LogP contribution in [0.15, 0.2) is 18.3 Å². The Morgan fingerprint density at radius 1 is 1.35 bits per heavy atom. The smallest absolute Gasteiger partial charge is 0.238 e. The van der Waals surface area contributed by atoms with Gasteiger partial charge in [0.15, 0.2) is 9.84 Å². The molecule has 7 heteroatoms. The van der Waals surface area contributed by atoms with Gasteiger partial charge in [-0.1, -0.05) is 6.07 Å². The lowest BCUT2D eigenvalue weighted by molar-refractivity contribution is -0.120. The topological polar surface area (TPSA) is 85.4 Å². The molecule has 0 fully saturated rings. The normalized spacial score (nSPS) is 13.1. The number of hydrogen-bond donors (Lipinski definition) is 1. The number of rotatable bonds is 6. The summed E-state index contributed by atoms with van der Waals surface area (Å²) in [7, 11) is -3.37. The number of hydrogen-bond acceptors (Lipinski definition) is 5. The van der Waals surface area contributed by atoms with Gasteiger partial charge < -0.3 is 10.1 Å². The number of ether oxygens (including phenoxy) is 1. The lowest BCUT2D eigenvalue weighted by Gasteiger charge is -2.11. The Morgan fingerprint density at radius 3 is 2.45 bits per heavy atom. The third-order valence-electron chi connectivity index (χ3n) is 2.63. The van der Waals surface area contributed by atoms with Crippen LogP contribution in [0.25, 0.3) is 0 Å². The summed E-state index contributed by atoms with van der Waals surface area (Å²) in [5, 5.41) is 1.51. The summed E-state index contributed by atoms with van der Waals surface area (Å²) < 4.78 is 27.9. The van der Waals surface area contributed by atoms with Gasteiger partial charge in [0.05, 0.1) is 6.10 Å². The van der Waals surface area contributed by atoms with Gasteiger partial charge in [0.1, 0.15) is 5.25 Å². The van der Waals surface area contributed by atoms with E-state index in [9.17, 15) is 13.2 Å². The van der Waals surface area contributed by atoms with E-state index in [0.717, 1.165) is 11.8 Å². The molecule has 0 aliphatic carbocycles. The minimum Gasteiger partial charge on any atom is -0.475 e. The average molecular weight is 300 g/mol.